The van der Waals surface area contributed by atoms with Gasteiger partial charge in [-0.05, 0) is 36.6 Å². The maximum absolute atomic E-state index is 12.8. The minimum absolute atomic E-state index is 0.0735. The Bertz CT molecular complexity index is 376. The van der Waals surface area contributed by atoms with Crippen LogP contribution in [0.15, 0.2) is 24.3 Å². The van der Waals surface area contributed by atoms with Gasteiger partial charge in [-0.25, -0.2) is 4.39 Å². The Hall–Kier alpha value is -1.42. The molecule has 3 nitrogen and oxygen atoms in total. The van der Waals surface area contributed by atoms with Gasteiger partial charge in [-0.3, -0.25) is 4.79 Å². The lowest BCUT2D eigenvalue weighted by atomic mass is 10.0. The lowest BCUT2D eigenvalue weighted by molar-refractivity contribution is -0.137. The molecule has 1 aromatic rings. The van der Waals surface area contributed by atoms with E-state index in [0.717, 1.165) is 12.1 Å². The zero-order valence-corrected chi connectivity index (χ0v) is 10.8. The molecule has 0 bridgehead atoms. The van der Waals surface area contributed by atoms with Crippen LogP contribution in [0.4, 0.5) is 4.39 Å². The summed E-state index contributed by atoms with van der Waals surface area (Å²) in [6.07, 6.45) is 0.670. The minimum Gasteiger partial charge on any atom is -0.481 e. The third-order valence-corrected chi connectivity index (χ3v) is 2.63. The average Bonchev–Trinajstić information content (AvgIpc) is 2.28. The minimum atomic E-state index is -0.821. The Morgan fingerprint density at radius 3 is 2.44 bits per heavy atom. The summed E-state index contributed by atoms with van der Waals surface area (Å²) < 4.78 is 12.8. The van der Waals surface area contributed by atoms with Gasteiger partial charge in [0.25, 0.3) is 0 Å². The molecule has 0 radical (unpaired) electrons. The van der Waals surface area contributed by atoms with Crippen molar-refractivity contribution >= 4 is 5.97 Å². The molecule has 0 aliphatic carbocycles. The normalized spacial score (nSPS) is 12.7. The summed E-state index contributed by atoms with van der Waals surface area (Å²) in [5.41, 5.74) is 0.943. The van der Waals surface area contributed by atoms with Crippen LogP contribution in [0.1, 0.15) is 25.8 Å². The van der Waals surface area contributed by atoms with E-state index >= 15 is 0 Å². The highest BCUT2D eigenvalue weighted by atomic mass is 19.1. The number of rotatable bonds is 7. The van der Waals surface area contributed by atoms with E-state index in [1.807, 2.05) is 0 Å². The summed E-state index contributed by atoms with van der Waals surface area (Å²) in [5.74, 6) is -0.628. The monoisotopic (exact) mass is 253 g/mol. The van der Waals surface area contributed by atoms with Crippen LogP contribution in [0.2, 0.25) is 0 Å². The number of carboxylic acid groups (broad SMARTS) is 1. The molecule has 0 aliphatic heterocycles. The van der Waals surface area contributed by atoms with E-state index in [2.05, 4.69) is 19.2 Å². The Morgan fingerprint density at radius 2 is 1.94 bits per heavy atom. The second-order valence-electron chi connectivity index (χ2n) is 4.93. The van der Waals surface area contributed by atoms with Gasteiger partial charge in [-0.1, -0.05) is 26.0 Å². The van der Waals surface area contributed by atoms with Crippen LogP contribution < -0.4 is 5.32 Å². The molecule has 0 saturated heterocycles. The molecule has 2 N–H and O–H groups in total. The molecule has 0 aliphatic rings. The number of halogens is 1. The van der Waals surface area contributed by atoms with Crippen LogP contribution in [0, 0.1) is 11.7 Å². The first kappa shape index (κ1) is 14.6. The third-order valence-electron chi connectivity index (χ3n) is 2.63. The molecule has 0 aromatic heterocycles. The third kappa shape index (κ3) is 5.77. The SMILES string of the molecule is CC(C)CNC(CC(=O)O)Cc1ccc(F)cc1. The highest BCUT2D eigenvalue weighted by Gasteiger charge is 2.13. The van der Waals surface area contributed by atoms with Crippen molar-refractivity contribution in [3.05, 3.63) is 35.6 Å². The van der Waals surface area contributed by atoms with Crippen LogP contribution in [-0.4, -0.2) is 23.7 Å². The second kappa shape index (κ2) is 7.11. The van der Waals surface area contributed by atoms with Gasteiger partial charge in [0, 0.05) is 6.04 Å². The predicted octanol–water partition coefficient (Wildman–Crippen LogP) is 2.46. The fraction of sp³-hybridized carbons (Fsp3) is 0.500. The standard InChI is InChI=1S/C14H20FNO2/c1-10(2)9-16-13(8-14(17)18)7-11-3-5-12(15)6-4-11/h3-6,10,13,16H,7-9H2,1-2H3,(H,17,18). The molecule has 1 aromatic carbocycles. The molecular weight excluding hydrogens is 233 g/mol. The number of hydrogen-bond acceptors (Lipinski definition) is 2. The Kier molecular flexibility index (Phi) is 5.78. The van der Waals surface area contributed by atoms with Crippen molar-refractivity contribution < 1.29 is 14.3 Å². The van der Waals surface area contributed by atoms with Crippen LogP contribution in [0.3, 0.4) is 0 Å². The van der Waals surface area contributed by atoms with Gasteiger partial charge >= 0.3 is 5.97 Å². The number of aliphatic carboxylic acids is 1. The second-order valence-corrected chi connectivity index (χ2v) is 4.93. The molecule has 0 spiro atoms. The average molecular weight is 253 g/mol. The lowest BCUT2D eigenvalue weighted by Gasteiger charge is -2.18. The number of carboxylic acids is 1. The Labute approximate surface area is 107 Å². The molecule has 0 fully saturated rings. The van der Waals surface area contributed by atoms with E-state index in [1.165, 1.54) is 12.1 Å². The fourth-order valence-corrected chi connectivity index (χ4v) is 1.73. The van der Waals surface area contributed by atoms with Crippen LogP contribution in [0.25, 0.3) is 0 Å². The van der Waals surface area contributed by atoms with Gasteiger partial charge in [0.15, 0.2) is 0 Å². The van der Waals surface area contributed by atoms with Gasteiger partial charge in [0.2, 0.25) is 0 Å². The topological polar surface area (TPSA) is 49.3 Å². The molecule has 18 heavy (non-hydrogen) atoms. The predicted molar refractivity (Wildman–Crippen MR) is 69.0 cm³/mol. The van der Waals surface area contributed by atoms with Gasteiger partial charge in [0.05, 0.1) is 6.42 Å². The highest BCUT2D eigenvalue weighted by Crippen LogP contribution is 2.08. The zero-order valence-electron chi connectivity index (χ0n) is 10.8. The number of hydrogen-bond donors (Lipinski definition) is 2. The number of benzene rings is 1. The molecule has 100 valence electrons. The van der Waals surface area contributed by atoms with Crippen molar-refractivity contribution in [1.82, 2.24) is 5.32 Å². The van der Waals surface area contributed by atoms with Crippen molar-refractivity contribution in [2.45, 2.75) is 32.7 Å². The molecular formula is C14H20FNO2. The molecule has 1 atom stereocenters. The summed E-state index contributed by atoms with van der Waals surface area (Å²) in [4.78, 5) is 10.8. The van der Waals surface area contributed by atoms with Gasteiger partial charge < -0.3 is 10.4 Å². The maximum atomic E-state index is 12.8. The van der Waals surface area contributed by atoms with Crippen molar-refractivity contribution in [3.8, 4) is 0 Å². The van der Waals surface area contributed by atoms with Crippen LogP contribution >= 0.6 is 0 Å². The quantitative estimate of drug-likeness (QED) is 0.784. The Balaban J connectivity index is 2.59. The van der Waals surface area contributed by atoms with E-state index in [-0.39, 0.29) is 18.3 Å². The summed E-state index contributed by atoms with van der Waals surface area (Å²) >= 11 is 0. The maximum Gasteiger partial charge on any atom is 0.304 e. The van der Waals surface area contributed by atoms with E-state index < -0.39 is 5.97 Å². The lowest BCUT2D eigenvalue weighted by Crippen LogP contribution is -2.35. The van der Waals surface area contributed by atoms with E-state index in [4.69, 9.17) is 5.11 Å². The molecule has 0 saturated carbocycles. The molecule has 4 heteroatoms. The van der Waals surface area contributed by atoms with Crippen molar-refractivity contribution in [3.63, 3.8) is 0 Å². The first-order valence-electron chi connectivity index (χ1n) is 6.17. The van der Waals surface area contributed by atoms with Gasteiger partial charge in [-0.2, -0.15) is 0 Å². The molecule has 1 rings (SSSR count). The zero-order chi connectivity index (χ0) is 13.5. The largest absolute Gasteiger partial charge is 0.481 e. The summed E-state index contributed by atoms with van der Waals surface area (Å²) in [6.45, 7) is 4.92. The van der Waals surface area contributed by atoms with E-state index in [1.54, 1.807) is 12.1 Å². The number of carbonyl (C=O) groups is 1. The summed E-state index contributed by atoms with van der Waals surface area (Å²) in [7, 11) is 0. The van der Waals surface area contributed by atoms with Crippen molar-refractivity contribution in [2.24, 2.45) is 5.92 Å². The van der Waals surface area contributed by atoms with E-state index in [9.17, 15) is 9.18 Å². The summed E-state index contributed by atoms with van der Waals surface area (Å²) in [6, 6.07) is 6.07. The van der Waals surface area contributed by atoms with Crippen molar-refractivity contribution in [2.75, 3.05) is 6.54 Å². The molecule has 0 amide bonds. The van der Waals surface area contributed by atoms with Crippen LogP contribution in [0.5, 0.6) is 0 Å². The molecule has 1 unspecified atom stereocenters. The van der Waals surface area contributed by atoms with E-state index in [0.29, 0.717) is 12.3 Å². The molecule has 0 heterocycles. The highest BCUT2D eigenvalue weighted by molar-refractivity contribution is 5.67. The first-order valence-corrected chi connectivity index (χ1v) is 6.17. The first-order chi connectivity index (χ1) is 8.47. The van der Waals surface area contributed by atoms with Crippen molar-refractivity contribution in [1.29, 1.82) is 0 Å². The Morgan fingerprint density at radius 1 is 1.33 bits per heavy atom. The van der Waals surface area contributed by atoms with Crippen LogP contribution in [-0.2, 0) is 11.2 Å². The smallest absolute Gasteiger partial charge is 0.304 e. The number of nitrogens with one attached hydrogen (secondary N) is 1. The fourth-order valence-electron chi connectivity index (χ4n) is 1.73. The summed E-state index contributed by atoms with van der Waals surface area (Å²) in [5, 5.41) is 12.1. The van der Waals surface area contributed by atoms with Gasteiger partial charge in [-0.15, -0.1) is 0 Å². The van der Waals surface area contributed by atoms with Gasteiger partial charge in [0.1, 0.15) is 5.82 Å².